The van der Waals surface area contributed by atoms with Gasteiger partial charge in [0.2, 0.25) is 17.7 Å². The van der Waals surface area contributed by atoms with Crippen molar-refractivity contribution < 1.29 is 33.1 Å². The van der Waals surface area contributed by atoms with Gasteiger partial charge in [-0.3, -0.25) is 9.59 Å². The van der Waals surface area contributed by atoms with Gasteiger partial charge in [0.25, 0.3) is 0 Å². The third kappa shape index (κ3) is 7.32. The largest absolute Gasteiger partial charge is 0.453 e. The molecule has 5 aromatic rings. The molecule has 4 heterocycles. The zero-order chi connectivity index (χ0) is 38.1. The summed E-state index contributed by atoms with van der Waals surface area (Å²) in [5.74, 6) is 0.947. The van der Waals surface area contributed by atoms with Crippen LogP contribution in [0.5, 0.6) is 0 Å². The summed E-state index contributed by atoms with van der Waals surface area (Å²) in [6, 6.07) is 19.0. The van der Waals surface area contributed by atoms with Gasteiger partial charge in [0.05, 0.1) is 31.3 Å². The minimum atomic E-state index is -0.730. The van der Waals surface area contributed by atoms with Crippen LogP contribution in [0.2, 0.25) is 0 Å². The van der Waals surface area contributed by atoms with E-state index in [9.17, 15) is 19.2 Å². The summed E-state index contributed by atoms with van der Waals surface area (Å²) in [6.45, 7) is 6.88. The normalized spacial score (nSPS) is 19.0. The van der Waals surface area contributed by atoms with E-state index in [0.29, 0.717) is 36.5 Å². The molecule has 2 aromatic heterocycles. The number of amides is 4. The topological polar surface area (TPSA) is 172 Å². The molecule has 2 fully saturated rings. The Balaban J connectivity index is 1.07. The van der Waals surface area contributed by atoms with Crippen LogP contribution in [0, 0.1) is 11.8 Å². The molecule has 4 atom stereocenters. The molecular formula is C40H45N7O7. The Labute approximate surface area is 312 Å². The average molecular weight is 736 g/mol. The van der Waals surface area contributed by atoms with Crippen molar-refractivity contribution in [1.29, 1.82) is 0 Å². The number of hydrogen-bond acceptors (Lipinski definition) is 9. The highest BCUT2D eigenvalue weighted by molar-refractivity contribution is 5.87. The lowest BCUT2D eigenvalue weighted by Gasteiger charge is -2.29. The Morgan fingerprint density at radius 3 is 2.26 bits per heavy atom. The SMILES string of the molecule is COC(=O)NCC(=O)N1CCC[C@H]1c1nc2cc(-c3ccc(-c4ccc5nc(C6C[C@H](C)CN6C(=O)[C@@H](NC(=O)OC)C(C)C)oc5c4)cc3)ccc2[nH]1. The number of hydrogen-bond donors (Lipinski definition) is 3. The molecule has 14 nitrogen and oxygen atoms in total. The van der Waals surface area contributed by atoms with Crippen LogP contribution in [-0.4, -0.2) is 88.6 Å². The average Bonchev–Trinajstić information content (AvgIpc) is 3.99. The first-order valence-corrected chi connectivity index (χ1v) is 18.3. The number of imidazole rings is 1. The summed E-state index contributed by atoms with van der Waals surface area (Å²) in [5.41, 5.74) is 7.05. The number of carbonyl (C=O) groups excluding carboxylic acids is 4. The predicted molar refractivity (Wildman–Crippen MR) is 201 cm³/mol. The number of likely N-dealkylation sites (tertiary alicyclic amines) is 2. The van der Waals surface area contributed by atoms with Crippen LogP contribution >= 0.6 is 0 Å². The van der Waals surface area contributed by atoms with Gasteiger partial charge < -0.3 is 39.3 Å². The van der Waals surface area contributed by atoms with Crippen LogP contribution in [0.1, 0.15) is 63.8 Å². The highest BCUT2D eigenvalue weighted by Gasteiger charge is 2.41. The molecule has 0 aliphatic carbocycles. The summed E-state index contributed by atoms with van der Waals surface area (Å²) in [6.07, 6.45) is 1.06. The maximum Gasteiger partial charge on any atom is 0.407 e. The van der Waals surface area contributed by atoms with Crippen molar-refractivity contribution in [3.63, 3.8) is 0 Å². The first-order chi connectivity index (χ1) is 26.0. The third-order valence-electron chi connectivity index (χ3n) is 10.4. The van der Waals surface area contributed by atoms with Gasteiger partial charge in [-0.2, -0.15) is 0 Å². The van der Waals surface area contributed by atoms with E-state index in [1.807, 2.05) is 50.2 Å². The van der Waals surface area contributed by atoms with E-state index in [0.717, 1.165) is 52.0 Å². The molecular weight excluding hydrogens is 690 g/mol. The van der Waals surface area contributed by atoms with Crippen molar-refractivity contribution in [3.05, 3.63) is 72.4 Å². The van der Waals surface area contributed by atoms with Crippen molar-refractivity contribution in [2.24, 2.45) is 11.8 Å². The smallest absolute Gasteiger partial charge is 0.407 e. The fraction of sp³-hybridized carbons (Fsp3) is 0.400. The Morgan fingerprint density at radius 1 is 0.870 bits per heavy atom. The number of benzene rings is 3. The van der Waals surface area contributed by atoms with Crippen LogP contribution in [0.4, 0.5) is 9.59 Å². The lowest BCUT2D eigenvalue weighted by Crippen LogP contribution is -2.51. The minimum Gasteiger partial charge on any atom is -0.453 e. The number of fused-ring (bicyclic) bond motifs is 2. The van der Waals surface area contributed by atoms with Crippen LogP contribution < -0.4 is 10.6 Å². The number of oxazole rings is 1. The molecule has 1 unspecified atom stereocenters. The number of nitrogens with zero attached hydrogens (tertiary/aromatic N) is 4. The summed E-state index contributed by atoms with van der Waals surface area (Å²) < 4.78 is 15.7. The number of nitrogens with one attached hydrogen (secondary N) is 3. The zero-order valence-corrected chi connectivity index (χ0v) is 31.0. The molecule has 0 bridgehead atoms. The highest BCUT2D eigenvalue weighted by Crippen LogP contribution is 2.38. The molecule has 0 spiro atoms. The minimum absolute atomic E-state index is 0.130. The zero-order valence-electron chi connectivity index (χ0n) is 31.0. The molecule has 54 heavy (non-hydrogen) atoms. The maximum absolute atomic E-state index is 13.7. The molecule has 4 amide bonds. The highest BCUT2D eigenvalue weighted by atomic mass is 16.5. The number of methoxy groups -OCH3 is 2. The third-order valence-corrected chi connectivity index (χ3v) is 10.4. The van der Waals surface area contributed by atoms with E-state index in [1.165, 1.54) is 14.2 Å². The van der Waals surface area contributed by atoms with E-state index < -0.39 is 18.2 Å². The summed E-state index contributed by atoms with van der Waals surface area (Å²) in [4.78, 5) is 66.6. The Hall–Kier alpha value is -5.92. The molecule has 2 aliphatic rings. The molecule has 14 heteroatoms. The van der Waals surface area contributed by atoms with Crippen LogP contribution in [-0.2, 0) is 19.1 Å². The number of carbonyl (C=O) groups is 4. The van der Waals surface area contributed by atoms with Gasteiger partial charge in [-0.25, -0.2) is 19.6 Å². The number of aromatic amines is 1. The lowest BCUT2D eigenvalue weighted by molar-refractivity contribution is -0.136. The van der Waals surface area contributed by atoms with E-state index in [-0.39, 0.29) is 42.3 Å². The fourth-order valence-electron chi connectivity index (χ4n) is 7.56. The molecule has 0 radical (unpaired) electrons. The molecule has 2 aliphatic heterocycles. The number of H-pyrrole nitrogens is 1. The summed E-state index contributed by atoms with van der Waals surface area (Å²) in [5, 5.41) is 5.16. The van der Waals surface area contributed by atoms with E-state index in [2.05, 4.69) is 51.5 Å². The van der Waals surface area contributed by atoms with Crippen LogP contribution in [0.15, 0.2) is 65.1 Å². The van der Waals surface area contributed by atoms with Gasteiger partial charge in [0.15, 0.2) is 5.58 Å². The molecule has 3 aromatic carbocycles. The Kier molecular flexibility index (Phi) is 10.3. The first kappa shape index (κ1) is 36.4. The molecule has 3 N–H and O–H groups in total. The van der Waals surface area contributed by atoms with Crippen molar-refractivity contribution in [2.75, 3.05) is 33.9 Å². The summed E-state index contributed by atoms with van der Waals surface area (Å²) in [7, 11) is 2.55. The van der Waals surface area contributed by atoms with Crippen LogP contribution in [0.3, 0.4) is 0 Å². The molecule has 0 saturated carbocycles. The van der Waals surface area contributed by atoms with Gasteiger partial charge in [0, 0.05) is 13.1 Å². The number of ether oxygens (including phenoxy) is 2. The standard InChI is InChI=1S/C40H45N7O7/c1-22(2)35(45-40(51)53-5)38(49)47-21-23(3)17-32(47)37-44-29-15-13-27(19-33(29)54-37)25-10-8-24(9-11-25)26-12-14-28-30(18-26)43-36(42-28)31-7-6-16-46(31)34(48)20-41-39(50)52-4/h8-15,18-19,22-23,31-32,35H,6-7,16-17,20-21H2,1-5H3,(H,41,50)(H,42,43)(H,45,51)/t23-,31-,32?,35-/m0/s1. The number of rotatable bonds is 9. The second-order valence-corrected chi connectivity index (χ2v) is 14.5. The monoisotopic (exact) mass is 735 g/mol. The van der Waals surface area contributed by atoms with Gasteiger partial charge in [-0.15, -0.1) is 0 Å². The van der Waals surface area contributed by atoms with Gasteiger partial charge >= 0.3 is 12.2 Å². The first-order valence-electron chi connectivity index (χ1n) is 18.3. The maximum atomic E-state index is 13.7. The van der Waals surface area contributed by atoms with Crippen molar-refractivity contribution in [2.45, 2.75) is 58.2 Å². The Bertz CT molecular complexity index is 2190. The van der Waals surface area contributed by atoms with Crippen molar-refractivity contribution in [3.8, 4) is 22.3 Å². The quantitative estimate of drug-likeness (QED) is 0.156. The van der Waals surface area contributed by atoms with E-state index in [4.69, 9.17) is 19.1 Å². The second-order valence-electron chi connectivity index (χ2n) is 14.5. The summed E-state index contributed by atoms with van der Waals surface area (Å²) >= 11 is 0. The molecule has 282 valence electrons. The van der Waals surface area contributed by atoms with Crippen LogP contribution in [0.25, 0.3) is 44.4 Å². The second kappa shape index (κ2) is 15.2. The van der Waals surface area contributed by atoms with Crippen molar-refractivity contribution >= 4 is 46.1 Å². The molecule has 7 rings (SSSR count). The fourth-order valence-corrected chi connectivity index (χ4v) is 7.56. The van der Waals surface area contributed by atoms with Gasteiger partial charge in [0.1, 0.15) is 30.0 Å². The van der Waals surface area contributed by atoms with E-state index >= 15 is 0 Å². The number of alkyl carbamates (subject to hydrolysis) is 2. The number of aromatic nitrogens is 3. The van der Waals surface area contributed by atoms with Gasteiger partial charge in [-0.1, -0.05) is 57.2 Å². The van der Waals surface area contributed by atoms with E-state index in [1.54, 1.807) is 9.80 Å². The Morgan fingerprint density at radius 2 is 1.56 bits per heavy atom. The molecule has 2 saturated heterocycles. The lowest BCUT2D eigenvalue weighted by atomic mass is 10.00. The predicted octanol–water partition coefficient (Wildman–Crippen LogP) is 6.35. The van der Waals surface area contributed by atoms with Gasteiger partial charge in [-0.05, 0) is 77.6 Å². The van der Waals surface area contributed by atoms with Crippen molar-refractivity contribution in [1.82, 2.24) is 35.4 Å².